The maximum Gasteiger partial charge on any atom is 0.311 e. The second-order valence-corrected chi connectivity index (χ2v) is 8.88. The molecular weight excluding hydrogens is 310 g/mol. The number of hydrogen-bond acceptors (Lipinski definition) is 3. The predicted octanol–water partition coefficient (Wildman–Crippen LogP) is 1.85. The lowest BCUT2D eigenvalue weighted by Gasteiger charge is -2.31. The minimum Gasteiger partial charge on any atom is -0.461 e. The average Bonchev–Trinajstić information content (AvgIpc) is 2.59. The standard InChI is InChI=1S/C18H33NO3S/c1-2-3-15-23(21)17-10-6-5-9-16(17)22-18(20)11-14-19-12-7-4-8-13-19/h16-17H,2-15H2,1H3/p+1/t16-,17-,23+/m0/s1. The number of esters is 1. The van der Waals surface area contributed by atoms with E-state index in [1.54, 1.807) is 4.90 Å². The minimum atomic E-state index is -0.843. The molecule has 0 spiro atoms. The number of hydrogen-bond donors (Lipinski definition) is 1. The third-order valence-electron chi connectivity index (χ3n) is 5.20. The molecule has 23 heavy (non-hydrogen) atoms. The van der Waals surface area contributed by atoms with Crippen molar-refractivity contribution in [3.05, 3.63) is 0 Å². The number of quaternary nitrogens is 1. The second kappa shape index (κ2) is 10.4. The highest BCUT2D eigenvalue weighted by atomic mass is 32.2. The van der Waals surface area contributed by atoms with Gasteiger partial charge in [0.1, 0.15) is 6.10 Å². The van der Waals surface area contributed by atoms with E-state index in [2.05, 4.69) is 6.92 Å². The fourth-order valence-corrected chi connectivity index (χ4v) is 5.58. The quantitative estimate of drug-likeness (QED) is 0.684. The highest BCUT2D eigenvalue weighted by Gasteiger charge is 2.32. The van der Waals surface area contributed by atoms with Gasteiger partial charge in [0.05, 0.1) is 31.3 Å². The third kappa shape index (κ3) is 6.54. The van der Waals surface area contributed by atoms with Gasteiger partial charge in [-0.3, -0.25) is 9.00 Å². The predicted molar refractivity (Wildman–Crippen MR) is 94.1 cm³/mol. The van der Waals surface area contributed by atoms with E-state index < -0.39 is 10.8 Å². The van der Waals surface area contributed by atoms with E-state index in [0.29, 0.717) is 6.42 Å². The Hall–Kier alpha value is -0.420. The first kappa shape index (κ1) is 18.9. The monoisotopic (exact) mass is 344 g/mol. The summed E-state index contributed by atoms with van der Waals surface area (Å²) in [5.74, 6) is 0.681. The number of rotatable bonds is 8. The molecule has 1 saturated carbocycles. The van der Waals surface area contributed by atoms with Crippen LogP contribution >= 0.6 is 0 Å². The summed E-state index contributed by atoms with van der Waals surface area (Å²) in [5.41, 5.74) is 0. The van der Waals surface area contributed by atoms with Crippen LogP contribution in [0.4, 0.5) is 0 Å². The summed E-state index contributed by atoms with van der Waals surface area (Å²) in [6.07, 6.45) is 10.4. The number of carbonyl (C=O) groups excluding carboxylic acids is 1. The fraction of sp³-hybridized carbons (Fsp3) is 0.944. The van der Waals surface area contributed by atoms with Crippen LogP contribution in [0.3, 0.4) is 0 Å². The molecule has 2 aliphatic rings. The fourth-order valence-electron chi connectivity index (χ4n) is 3.74. The molecule has 2 fully saturated rings. The van der Waals surface area contributed by atoms with Crippen molar-refractivity contribution >= 4 is 16.8 Å². The van der Waals surface area contributed by atoms with E-state index >= 15 is 0 Å². The third-order valence-corrected chi connectivity index (χ3v) is 7.11. The lowest BCUT2D eigenvalue weighted by atomic mass is 9.97. The largest absolute Gasteiger partial charge is 0.461 e. The van der Waals surface area contributed by atoms with Crippen LogP contribution in [-0.2, 0) is 20.3 Å². The van der Waals surface area contributed by atoms with Crippen molar-refractivity contribution in [3.8, 4) is 0 Å². The van der Waals surface area contributed by atoms with Gasteiger partial charge in [0.2, 0.25) is 0 Å². The highest BCUT2D eigenvalue weighted by molar-refractivity contribution is 7.85. The molecule has 134 valence electrons. The topological polar surface area (TPSA) is 47.8 Å². The number of ether oxygens (including phenoxy) is 1. The molecule has 3 atom stereocenters. The summed E-state index contributed by atoms with van der Waals surface area (Å²) in [4.78, 5) is 13.7. The van der Waals surface area contributed by atoms with Crippen LogP contribution in [-0.4, -0.2) is 46.9 Å². The van der Waals surface area contributed by atoms with Crippen LogP contribution in [0.2, 0.25) is 0 Å². The van der Waals surface area contributed by atoms with Crippen LogP contribution in [0.1, 0.15) is 71.1 Å². The minimum absolute atomic E-state index is 0.0709. The van der Waals surface area contributed by atoms with Crippen molar-refractivity contribution in [1.29, 1.82) is 0 Å². The van der Waals surface area contributed by atoms with Crippen molar-refractivity contribution < 1.29 is 18.6 Å². The Morgan fingerprint density at radius 3 is 2.61 bits per heavy atom. The molecule has 4 nitrogen and oxygen atoms in total. The van der Waals surface area contributed by atoms with Crippen molar-refractivity contribution in [2.45, 2.75) is 82.5 Å². The second-order valence-electron chi connectivity index (χ2n) is 7.10. The van der Waals surface area contributed by atoms with E-state index in [-0.39, 0.29) is 17.3 Å². The Kier molecular flexibility index (Phi) is 8.59. The summed E-state index contributed by atoms with van der Waals surface area (Å²) in [7, 11) is -0.843. The van der Waals surface area contributed by atoms with E-state index in [9.17, 15) is 9.00 Å². The highest BCUT2D eigenvalue weighted by Crippen LogP contribution is 2.26. The summed E-state index contributed by atoms with van der Waals surface area (Å²) >= 11 is 0. The average molecular weight is 345 g/mol. The maximum absolute atomic E-state index is 12.5. The van der Waals surface area contributed by atoms with Crippen molar-refractivity contribution in [2.24, 2.45) is 0 Å². The molecule has 0 bridgehead atoms. The molecule has 0 unspecified atom stereocenters. The first-order valence-electron chi connectivity index (χ1n) is 9.61. The first-order chi connectivity index (χ1) is 11.2. The molecule has 1 saturated heterocycles. The summed E-state index contributed by atoms with van der Waals surface area (Å²) in [6.45, 7) is 5.41. The zero-order chi connectivity index (χ0) is 16.5. The Morgan fingerprint density at radius 2 is 1.87 bits per heavy atom. The zero-order valence-electron chi connectivity index (χ0n) is 14.7. The molecule has 1 N–H and O–H groups in total. The lowest BCUT2D eigenvalue weighted by Crippen LogP contribution is -3.12. The molecule has 2 rings (SSSR count). The van der Waals surface area contributed by atoms with Crippen LogP contribution in [0.15, 0.2) is 0 Å². The summed E-state index contributed by atoms with van der Waals surface area (Å²) < 4.78 is 18.2. The molecule has 1 aliphatic heterocycles. The molecule has 5 heteroatoms. The summed E-state index contributed by atoms with van der Waals surface area (Å²) in [6, 6.07) is 0. The molecule has 0 radical (unpaired) electrons. The van der Waals surface area contributed by atoms with Gasteiger partial charge in [-0.2, -0.15) is 0 Å². The molecule has 0 amide bonds. The Balaban J connectivity index is 1.75. The van der Waals surface area contributed by atoms with Gasteiger partial charge >= 0.3 is 5.97 Å². The first-order valence-corrected chi connectivity index (χ1v) is 11.0. The number of piperidine rings is 1. The van der Waals surface area contributed by atoms with Crippen molar-refractivity contribution in [2.75, 3.05) is 25.4 Å². The van der Waals surface area contributed by atoms with Gasteiger partial charge in [-0.1, -0.05) is 19.8 Å². The van der Waals surface area contributed by atoms with Gasteiger partial charge in [0.15, 0.2) is 0 Å². The van der Waals surface area contributed by atoms with Crippen LogP contribution in [0, 0.1) is 0 Å². The van der Waals surface area contributed by atoms with Crippen LogP contribution in [0.5, 0.6) is 0 Å². The van der Waals surface area contributed by atoms with Crippen molar-refractivity contribution in [1.82, 2.24) is 0 Å². The van der Waals surface area contributed by atoms with Crippen LogP contribution in [0.25, 0.3) is 0 Å². The molecule has 0 aromatic carbocycles. The van der Waals surface area contributed by atoms with Gasteiger partial charge in [0, 0.05) is 16.6 Å². The van der Waals surface area contributed by atoms with E-state index in [4.69, 9.17) is 4.74 Å². The Morgan fingerprint density at radius 1 is 1.13 bits per heavy atom. The molecule has 0 aromatic heterocycles. The number of nitrogens with one attached hydrogen (secondary N) is 1. The van der Waals surface area contributed by atoms with Crippen molar-refractivity contribution in [3.63, 3.8) is 0 Å². The lowest BCUT2D eigenvalue weighted by molar-refractivity contribution is -0.904. The summed E-state index contributed by atoms with van der Waals surface area (Å²) in [5, 5.41) is 0.0709. The number of carbonyl (C=O) groups is 1. The smallest absolute Gasteiger partial charge is 0.311 e. The van der Waals surface area contributed by atoms with E-state index in [1.165, 1.54) is 32.4 Å². The number of likely N-dealkylation sites (tertiary alicyclic amines) is 1. The van der Waals surface area contributed by atoms with Gasteiger partial charge < -0.3 is 9.64 Å². The SMILES string of the molecule is CCCC[S@@](=O)[C@H]1CCCC[C@@H]1OC(=O)CC[NH+]1CCCCC1. The maximum atomic E-state index is 12.5. The Labute approximate surface area is 143 Å². The van der Waals surface area contributed by atoms with Crippen LogP contribution < -0.4 is 4.90 Å². The van der Waals surface area contributed by atoms with Gasteiger partial charge in [-0.25, -0.2) is 0 Å². The normalized spacial score (nSPS) is 27.5. The molecule has 1 heterocycles. The molecule has 0 aromatic rings. The number of unbranched alkanes of at least 4 members (excludes halogenated alkanes) is 1. The molecule has 1 aliphatic carbocycles. The van der Waals surface area contributed by atoms with Gasteiger partial charge in [-0.05, 0) is 44.9 Å². The van der Waals surface area contributed by atoms with E-state index in [1.807, 2.05) is 0 Å². The molecular formula is C18H34NO3S+. The Bertz CT molecular complexity index is 382. The zero-order valence-corrected chi connectivity index (χ0v) is 15.5. The van der Waals surface area contributed by atoms with Gasteiger partial charge in [0.25, 0.3) is 0 Å². The van der Waals surface area contributed by atoms with Gasteiger partial charge in [-0.15, -0.1) is 0 Å². The van der Waals surface area contributed by atoms with E-state index in [0.717, 1.165) is 50.8 Å².